The molecule has 0 bridgehead atoms. The molecule has 4 heteroatoms. The third-order valence-electron chi connectivity index (χ3n) is 0.669. The highest BCUT2D eigenvalue weighted by atomic mass is 15.5. The molecule has 0 aliphatic rings. The first kappa shape index (κ1) is 4.65. The van der Waals surface area contributed by atoms with Crippen molar-refractivity contribution >= 4 is 0 Å². The molecule has 40 valence electrons. The van der Waals surface area contributed by atoms with Crippen LogP contribution in [0.2, 0.25) is 0 Å². The molecular formula is C4H4N4. The number of nitrogens with zero attached hydrogens (tertiary/aromatic N) is 3. The highest BCUT2D eigenvalue weighted by molar-refractivity contribution is 4.88. The van der Waals surface area contributed by atoms with Crippen molar-refractivity contribution < 1.29 is 0 Å². The Morgan fingerprint density at radius 2 is 2.62 bits per heavy atom. The third kappa shape index (κ3) is 0.763. The molecule has 1 heterocycles. The van der Waals surface area contributed by atoms with Crippen molar-refractivity contribution in [3.05, 3.63) is 18.5 Å². The lowest BCUT2D eigenvalue weighted by molar-refractivity contribution is 0.805. The minimum absolute atomic E-state index is 1.32. The van der Waals surface area contributed by atoms with Gasteiger partial charge >= 0.3 is 0 Å². The summed E-state index contributed by atoms with van der Waals surface area (Å²) in [5, 5.41) is 11.7. The first-order valence-corrected chi connectivity index (χ1v) is 2.08. The molecule has 0 amide bonds. The highest BCUT2D eigenvalue weighted by Gasteiger charge is 1.79. The van der Waals surface area contributed by atoms with E-state index < -0.39 is 0 Å². The van der Waals surface area contributed by atoms with E-state index in [4.69, 9.17) is 5.26 Å². The summed E-state index contributed by atoms with van der Waals surface area (Å²) >= 11 is 0. The van der Waals surface area contributed by atoms with Gasteiger partial charge in [0.1, 0.15) is 0 Å². The van der Waals surface area contributed by atoms with E-state index in [-0.39, 0.29) is 0 Å². The van der Waals surface area contributed by atoms with E-state index in [0.717, 1.165) is 0 Å². The number of hydrogen-bond acceptors (Lipinski definition) is 3. The fourth-order valence-electron chi connectivity index (χ4n) is 0.386. The lowest BCUT2D eigenvalue weighted by Crippen LogP contribution is -2.07. The standard InChI is InChI=1S/C4H4N4/c5-4-7-8-3-1-2-6-8/h1-3,7H. The fourth-order valence-corrected chi connectivity index (χ4v) is 0.386. The van der Waals surface area contributed by atoms with Gasteiger partial charge in [0.05, 0.1) is 6.20 Å². The Kier molecular flexibility index (Phi) is 1.15. The zero-order valence-corrected chi connectivity index (χ0v) is 4.07. The topological polar surface area (TPSA) is 53.6 Å². The first-order chi connectivity index (χ1) is 3.93. The second kappa shape index (κ2) is 1.98. The van der Waals surface area contributed by atoms with Crippen molar-refractivity contribution in [2.24, 2.45) is 0 Å². The summed E-state index contributed by atoms with van der Waals surface area (Å²) < 4.78 is 0. The Morgan fingerprint density at radius 1 is 1.75 bits per heavy atom. The summed E-state index contributed by atoms with van der Waals surface area (Å²) in [5.74, 6) is 0. The van der Waals surface area contributed by atoms with Gasteiger partial charge in [-0.2, -0.15) is 15.2 Å². The van der Waals surface area contributed by atoms with Crippen LogP contribution in [0.4, 0.5) is 0 Å². The van der Waals surface area contributed by atoms with E-state index in [1.165, 1.54) is 4.79 Å². The largest absolute Gasteiger partial charge is 0.213 e. The van der Waals surface area contributed by atoms with Crippen LogP contribution in [0.5, 0.6) is 0 Å². The molecule has 0 aliphatic heterocycles. The molecule has 0 unspecified atom stereocenters. The van der Waals surface area contributed by atoms with Crippen LogP contribution < -0.4 is 5.43 Å². The molecule has 0 aliphatic carbocycles. The zero-order chi connectivity index (χ0) is 5.82. The van der Waals surface area contributed by atoms with E-state index >= 15 is 0 Å². The summed E-state index contributed by atoms with van der Waals surface area (Å²) in [4.78, 5) is 1.32. The first-order valence-electron chi connectivity index (χ1n) is 2.08. The number of hydrogen-bond donors (Lipinski definition) is 1. The van der Waals surface area contributed by atoms with E-state index in [1.807, 2.05) is 0 Å². The van der Waals surface area contributed by atoms with Crippen molar-refractivity contribution in [2.75, 3.05) is 5.43 Å². The molecule has 8 heavy (non-hydrogen) atoms. The maximum atomic E-state index is 8.02. The molecular weight excluding hydrogens is 104 g/mol. The summed E-state index contributed by atoms with van der Waals surface area (Å²) in [6.45, 7) is 0. The SMILES string of the molecule is N#CNn1cccn1. The van der Waals surface area contributed by atoms with Crippen LogP contribution >= 0.6 is 0 Å². The predicted octanol–water partition coefficient (Wildman–Crippen LogP) is -0.0923. The maximum Gasteiger partial charge on any atom is 0.198 e. The van der Waals surface area contributed by atoms with Crippen LogP contribution in [0.15, 0.2) is 18.5 Å². The van der Waals surface area contributed by atoms with Crippen LogP contribution in [-0.2, 0) is 0 Å². The van der Waals surface area contributed by atoms with Gasteiger partial charge in [0, 0.05) is 6.20 Å². The van der Waals surface area contributed by atoms with Crippen LogP contribution in [0, 0.1) is 11.5 Å². The normalized spacial score (nSPS) is 7.88. The molecule has 0 atom stereocenters. The molecule has 1 aromatic heterocycles. The molecule has 1 N–H and O–H groups in total. The Balaban J connectivity index is 2.67. The number of rotatable bonds is 1. The van der Waals surface area contributed by atoms with Gasteiger partial charge in [0.25, 0.3) is 0 Å². The number of nitrogens with one attached hydrogen (secondary N) is 1. The summed E-state index contributed by atoms with van der Waals surface area (Å²) in [7, 11) is 0. The molecule has 4 nitrogen and oxygen atoms in total. The average Bonchev–Trinajstić information content (AvgIpc) is 2.19. The predicted molar refractivity (Wildman–Crippen MR) is 27.2 cm³/mol. The zero-order valence-electron chi connectivity index (χ0n) is 4.07. The molecule has 0 saturated carbocycles. The van der Waals surface area contributed by atoms with Crippen molar-refractivity contribution in [1.29, 1.82) is 5.26 Å². The third-order valence-corrected chi connectivity index (χ3v) is 0.669. The van der Waals surface area contributed by atoms with Gasteiger partial charge in [-0.25, -0.2) is 5.43 Å². The van der Waals surface area contributed by atoms with E-state index in [0.29, 0.717) is 0 Å². The van der Waals surface area contributed by atoms with Gasteiger partial charge in [-0.1, -0.05) is 0 Å². The monoisotopic (exact) mass is 108 g/mol. The van der Waals surface area contributed by atoms with Crippen molar-refractivity contribution in [3.63, 3.8) is 0 Å². The van der Waals surface area contributed by atoms with Gasteiger partial charge in [0.2, 0.25) is 0 Å². The minimum Gasteiger partial charge on any atom is -0.213 e. The summed E-state index contributed by atoms with van der Waals surface area (Å²) in [6.07, 6.45) is 4.95. The van der Waals surface area contributed by atoms with Crippen LogP contribution in [0.25, 0.3) is 0 Å². The Bertz CT molecular complexity index is 182. The number of aromatic nitrogens is 2. The Morgan fingerprint density at radius 3 is 3.12 bits per heavy atom. The van der Waals surface area contributed by atoms with Gasteiger partial charge in [0.15, 0.2) is 6.19 Å². The van der Waals surface area contributed by atoms with Crippen LogP contribution in [0.1, 0.15) is 0 Å². The molecule has 0 saturated heterocycles. The fraction of sp³-hybridized carbons (Fsp3) is 0. The van der Waals surface area contributed by atoms with Gasteiger partial charge in [-0.05, 0) is 6.07 Å². The van der Waals surface area contributed by atoms with E-state index in [9.17, 15) is 0 Å². The second-order valence-electron chi connectivity index (χ2n) is 1.17. The highest BCUT2D eigenvalue weighted by Crippen LogP contribution is 1.75. The van der Waals surface area contributed by atoms with Gasteiger partial charge in [-0.15, -0.1) is 0 Å². The summed E-state index contributed by atoms with van der Waals surface area (Å²) in [5.41, 5.74) is 2.30. The quantitative estimate of drug-likeness (QED) is 0.404. The minimum atomic E-state index is 1.32. The molecule has 1 rings (SSSR count). The maximum absolute atomic E-state index is 8.02. The Hall–Kier alpha value is -1.50. The lowest BCUT2D eigenvalue weighted by Gasteiger charge is -1.89. The summed E-state index contributed by atoms with van der Waals surface area (Å²) in [6, 6.07) is 1.73. The molecule has 0 radical (unpaired) electrons. The lowest BCUT2D eigenvalue weighted by atomic mass is 10.8. The molecule has 0 spiro atoms. The van der Waals surface area contributed by atoms with Crippen molar-refractivity contribution in [2.45, 2.75) is 0 Å². The average molecular weight is 108 g/mol. The van der Waals surface area contributed by atoms with Crippen LogP contribution in [0.3, 0.4) is 0 Å². The molecule has 1 aromatic rings. The van der Waals surface area contributed by atoms with Gasteiger partial charge < -0.3 is 0 Å². The van der Waals surface area contributed by atoms with E-state index in [2.05, 4.69) is 10.5 Å². The van der Waals surface area contributed by atoms with E-state index in [1.54, 1.807) is 24.7 Å². The van der Waals surface area contributed by atoms with Crippen LogP contribution in [-0.4, -0.2) is 9.89 Å². The smallest absolute Gasteiger partial charge is 0.198 e. The Labute approximate surface area is 46.3 Å². The molecule has 0 fully saturated rings. The van der Waals surface area contributed by atoms with Crippen molar-refractivity contribution in [3.8, 4) is 6.19 Å². The second-order valence-corrected chi connectivity index (χ2v) is 1.17. The van der Waals surface area contributed by atoms with Gasteiger partial charge in [-0.3, -0.25) is 0 Å². The molecule has 0 aromatic carbocycles. The van der Waals surface area contributed by atoms with Crippen molar-refractivity contribution in [1.82, 2.24) is 9.89 Å². The number of nitriles is 1.